The van der Waals surface area contributed by atoms with Gasteiger partial charge in [-0.15, -0.1) is 6.58 Å². The second kappa shape index (κ2) is 7.08. The number of piperazine rings is 1. The third kappa shape index (κ3) is 3.59. The number of benzene rings is 1. The van der Waals surface area contributed by atoms with E-state index in [1.54, 1.807) is 7.11 Å². The summed E-state index contributed by atoms with van der Waals surface area (Å²) in [5.41, 5.74) is 1.28. The van der Waals surface area contributed by atoms with E-state index < -0.39 is 0 Å². The van der Waals surface area contributed by atoms with Crippen LogP contribution < -0.4 is 10.1 Å². The normalized spacial score (nSPS) is 18.0. The number of methoxy groups -OCH3 is 1. The Morgan fingerprint density at radius 3 is 2.84 bits per heavy atom. The Labute approximate surface area is 123 Å². The van der Waals surface area contributed by atoms with Crippen LogP contribution in [0.2, 0.25) is 0 Å². The monoisotopic (exact) mass is 324 g/mol. The quantitative estimate of drug-likeness (QED) is 0.843. The highest BCUT2D eigenvalue weighted by molar-refractivity contribution is 9.10. The molecule has 104 valence electrons. The molecule has 4 heteroatoms. The first-order valence-corrected chi connectivity index (χ1v) is 7.44. The number of nitrogens with zero attached hydrogens (tertiary/aromatic N) is 1. The average molecular weight is 325 g/mol. The minimum absolute atomic E-state index is 0.365. The smallest absolute Gasteiger partial charge is 0.119 e. The predicted molar refractivity (Wildman–Crippen MR) is 82.7 cm³/mol. The fourth-order valence-electron chi connectivity index (χ4n) is 2.53. The number of rotatable bonds is 5. The van der Waals surface area contributed by atoms with Gasteiger partial charge in [-0.2, -0.15) is 0 Å². The summed E-state index contributed by atoms with van der Waals surface area (Å²) in [4.78, 5) is 2.51. The van der Waals surface area contributed by atoms with Gasteiger partial charge in [0.2, 0.25) is 0 Å². The summed E-state index contributed by atoms with van der Waals surface area (Å²) in [6, 6.07) is 6.53. The van der Waals surface area contributed by atoms with Crippen molar-refractivity contribution < 1.29 is 4.74 Å². The van der Waals surface area contributed by atoms with Gasteiger partial charge in [-0.3, -0.25) is 4.90 Å². The lowest BCUT2D eigenvalue weighted by Crippen LogP contribution is -2.45. The second-order valence-corrected chi connectivity index (χ2v) is 5.57. The van der Waals surface area contributed by atoms with Crippen molar-refractivity contribution in [1.29, 1.82) is 0 Å². The molecule has 0 spiro atoms. The summed E-state index contributed by atoms with van der Waals surface area (Å²) in [5, 5.41) is 3.40. The Morgan fingerprint density at radius 1 is 1.47 bits per heavy atom. The van der Waals surface area contributed by atoms with E-state index >= 15 is 0 Å². The van der Waals surface area contributed by atoms with E-state index in [2.05, 4.69) is 44.9 Å². The zero-order chi connectivity index (χ0) is 13.7. The van der Waals surface area contributed by atoms with Gasteiger partial charge in [0.25, 0.3) is 0 Å². The standard InChI is InChI=1S/C15H21BrN2O/c1-3-4-15(18-9-7-17-8-10-18)13-11-12(19-2)5-6-14(13)16/h3,5-6,11,15,17H,1,4,7-10H2,2H3/t15-/m1/s1. The lowest BCUT2D eigenvalue weighted by atomic mass is 10.0. The second-order valence-electron chi connectivity index (χ2n) is 4.71. The zero-order valence-electron chi connectivity index (χ0n) is 11.4. The molecule has 2 rings (SSSR count). The summed E-state index contributed by atoms with van der Waals surface area (Å²) in [7, 11) is 1.71. The molecular weight excluding hydrogens is 304 g/mol. The van der Waals surface area contributed by atoms with Gasteiger partial charge in [0, 0.05) is 36.7 Å². The van der Waals surface area contributed by atoms with Crippen molar-refractivity contribution in [1.82, 2.24) is 10.2 Å². The van der Waals surface area contributed by atoms with E-state index in [-0.39, 0.29) is 0 Å². The molecular formula is C15H21BrN2O. The third-order valence-electron chi connectivity index (χ3n) is 3.54. The van der Waals surface area contributed by atoms with Crippen molar-refractivity contribution in [2.75, 3.05) is 33.3 Å². The molecule has 0 amide bonds. The van der Waals surface area contributed by atoms with Gasteiger partial charge in [0.05, 0.1) is 7.11 Å². The van der Waals surface area contributed by atoms with E-state index in [4.69, 9.17) is 4.74 Å². The van der Waals surface area contributed by atoms with E-state index in [9.17, 15) is 0 Å². The lowest BCUT2D eigenvalue weighted by molar-refractivity contribution is 0.174. The largest absolute Gasteiger partial charge is 0.497 e. The zero-order valence-corrected chi connectivity index (χ0v) is 12.9. The third-order valence-corrected chi connectivity index (χ3v) is 4.27. The van der Waals surface area contributed by atoms with Crippen LogP contribution >= 0.6 is 15.9 Å². The lowest BCUT2D eigenvalue weighted by Gasteiger charge is -2.35. The van der Waals surface area contributed by atoms with Gasteiger partial charge in [0.1, 0.15) is 5.75 Å². The minimum Gasteiger partial charge on any atom is -0.497 e. The molecule has 1 aliphatic heterocycles. The van der Waals surface area contributed by atoms with Gasteiger partial charge in [0.15, 0.2) is 0 Å². The molecule has 1 saturated heterocycles. The number of hydrogen-bond donors (Lipinski definition) is 1. The molecule has 3 nitrogen and oxygen atoms in total. The first-order chi connectivity index (χ1) is 9.26. The van der Waals surface area contributed by atoms with Crippen molar-refractivity contribution in [3.63, 3.8) is 0 Å². The van der Waals surface area contributed by atoms with Crippen LogP contribution in [0, 0.1) is 0 Å². The van der Waals surface area contributed by atoms with Crippen molar-refractivity contribution in [3.05, 3.63) is 40.9 Å². The first kappa shape index (κ1) is 14.6. The van der Waals surface area contributed by atoms with Crippen LogP contribution in [0.5, 0.6) is 5.75 Å². The SMILES string of the molecule is C=CC[C@H](c1cc(OC)ccc1Br)N1CCNCC1. The Morgan fingerprint density at radius 2 is 2.21 bits per heavy atom. The number of hydrogen-bond acceptors (Lipinski definition) is 3. The number of ether oxygens (including phenoxy) is 1. The van der Waals surface area contributed by atoms with Crippen molar-refractivity contribution >= 4 is 15.9 Å². The number of nitrogens with one attached hydrogen (secondary N) is 1. The molecule has 0 radical (unpaired) electrons. The van der Waals surface area contributed by atoms with Gasteiger partial charge < -0.3 is 10.1 Å². The maximum Gasteiger partial charge on any atom is 0.119 e. The van der Waals surface area contributed by atoms with Crippen LogP contribution in [0.1, 0.15) is 18.0 Å². The maximum atomic E-state index is 5.35. The van der Waals surface area contributed by atoms with Gasteiger partial charge in [-0.25, -0.2) is 0 Å². The van der Waals surface area contributed by atoms with Crippen LogP contribution in [-0.2, 0) is 0 Å². The van der Waals surface area contributed by atoms with Crippen LogP contribution in [0.3, 0.4) is 0 Å². The van der Waals surface area contributed by atoms with Gasteiger partial charge in [-0.1, -0.05) is 22.0 Å². The van der Waals surface area contributed by atoms with E-state index in [1.807, 2.05) is 12.1 Å². The summed E-state index contributed by atoms with van der Waals surface area (Å²) >= 11 is 3.66. The van der Waals surface area contributed by atoms with E-state index in [1.165, 1.54) is 5.56 Å². The molecule has 0 saturated carbocycles. The first-order valence-electron chi connectivity index (χ1n) is 6.65. The fraction of sp³-hybridized carbons (Fsp3) is 0.467. The topological polar surface area (TPSA) is 24.5 Å². The molecule has 0 aromatic heterocycles. The minimum atomic E-state index is 0.365. The highest BCUT2D eigenvalue weighted by Crippen LogP contribution is 2.33. The van der Waals surface area contributed by atoms with E-state index in [0.29, 0.717) is 6.04 Å². The number of halogens is 1. The average Bonchev–Trinajstić information content (AvgIpc) is 2.47. The van der Waals surface area contributed by atoms with Gasteiger partial charge >= 0.3 is 0 Å². The van der Waals surface area contributed by atoms with Crippen molar-refractivity contribution in [2.45, 2.75) is 12.5 Å². The molecule has 1 atom stereocenters. The highest BCUT2D eigenvalue weighted by atomic mass is 79.9. The summed E-state index contributed by atoms with van der Waals surface area (Å²) in [6.07, 6.45) is 2.95. The summed E-state index contributed by atoms with van der Waals surface area (Å²) in [5.74, 6) is 0.905. The maximum absolute atomic E-state index is 5.35. The Balaban J connectivity index is 2.28. The molecule has 1 fully saturated rings. The molecule has 1 aromatic carbocycles. The predicted octanol–water partition coefficient (Wildman–Crippen LogP) is 2.98. The van der Waals surface area contributed by atoms with Crippen LogP contribution in [0.4, 0.5) is 0 Å². The molecule has 1 aromatic rings. The summed E-state index contributed by atoms with van der Waals surface area (Å²) in [6.45, 7) is 8.15. The Kier molecular flexibility index (Phi) is 5.43. The fourth-order valence-corrected chi connectivity index (χ4v) is 3.04. The van der Waals surface area contributed by atoms with Crippen LogP contribution in [0.25, 0.3) is 0 Å². The summed E-state index contributed by atoms with van der Waals surface area (Å²) < 4.78 is 6.49. The molecule has 1 aliphatic rings. The molecule has 0 unspecified atom stereocenters. The van der Waals surface area contributed by atoms with Crippen molar-refractivity contribution in [3.8, 4) is 5.75 Å². The molecule has 0 bridgehead atoms. The molecule has 1 heterocycles. The van der Waals surface area contributed by atoms with Crippen molar-refractivity contribution in [2.24, 2.45) is 0 Å². The molecule has 19 heavy (non-hydrogen) atoms. The van der Waals surface area contributed by atoms with E-state index in [0.717, 1.165) is 42.8 Å². The highest BCUT2D eigenvalue weighted by Gasteiger charge is 2.23. The molecule has 0 aliphatic carbocycles. The Hall–Kier alpha value is -0.840. The van der Waals surface area contributed by atoms with Crippen LogP contribution in [0.15, 0.2) is 35.3 Å². The van der Waals surface area contributed by atoms with Crippen LogP contribution in [-0.4, -0.2) is 38.2 Å². The Bertz CT molecular complexity index is 430. The van der Waals surface area contributed by atoms with Gasteiger partial charge in [-0.05, 0) is 30.2 Å². The molecule has 1 N–H and O–H groups in total.